The lowest BCUT2D eigenvalue weighted by Gasteiger charge is -2.27. The molecule has 5 nitrogen and oxygen atoms in total. The predicted octanol–water partition coefficient (Wildman–Crippen LogP) is 2.46. The summed E-state index contributed by atoms with van der Waals surface area (Å²) >= 11 is 0. The van der Waals surface area contributed by atoms with Crippen molar-refractivity contribution in [1.82, 2.24) is 10.3 Å². The molecule has 0 unspecified atom stereocenters. The van der Waals surface area contributed by atoms with Gasteiger partial charge in [-0.15, -0.1) is 0 Å². The second-order valence-corrected chi connectivity index (χ2v) is 5.99. The number of hydrogen-bond donors (Lipinski definition) is 2. The number of amides is 1. The van der Waals surface area contributed by atoms with Crippen LogP contribution in [0.1, 0.15) is 31.3 Å². The summed E-state index contributed by atoms with van der Waals surface area (Å²) in [4.78, 5) is 27.8. The average molecular weight is 286 g/mol. The standard InChI is InChI=1S/C16H18N2O3/c1-16(2,3)13(15(20)21)18-14(19)12-11-7-5-4-6-10(11)8-9-17-12/h4-9,13H,1-3H3,(H,18,19)(H,20,21)/t13-/m0/s1. The van der Waals surface area contributed by atoms with Crippen LogP contribution in [-0.4, -0.2) is 28.0 Å². The fourth-order valence-electron chi connectivity index (χ4n) is 2.15. The fourth-order valence-corrected chi connectivity index (χ4v) is 2.15. The summed E-state index contributed by atoms with van der Waals surface area (Å²) < 4.78 is 0. The van der Waals surface area contributed by atoms with Crippen molar-refractivity contribution in [3.05, 3.63) is 42.2 Å². The maximum absolute atomic E-state index is 12.4. The Kier molecular flexibility index (Phi) is 3.93. The number of carboxylic acid groups (broad SMARTS) is 1. The lowest BCUT2D eigenvalue weighted by molar-refractivity contribution is -0.142. The summed E-state index contributed by atoms with van der Waals surface area (Å²) in [6, 6.07) is 8.20. The Balaban J connectivity index is 2.37. The Labute approximate surface area is 123 Å². The van der Waals surface area contributed by atoms with E-state index in [0.717, 1.165) is 5.39 Å². The predicted molar refractivity (Wildman–Crippen MR) is 80.1 cm³/mol. The molecule has 0 spiro atoms. The molecule has 0 saturated carbocycles. The Morgan fingerprint density at radius 1 is 1.19 bits per heavy atom. The van der Waals surface area contributed by atoms with Crippen LogP contribution in [0.5, 0.6) is 0 Å². The number of nitrogens with zero attached hydrogens (tertiary/aromatic N) is 1. The quantitative estimate of drug-likeness (QED) is 0.908. The van der Waals surface area contributed by atoms with Crippen LogP contribution in [-0.2, 0) is 4.79 Å². The molecule has 1 aromatic carbocycles. The van der Waals surface area contributed by atoms with E-state index in [0.29, 0.717) is 5.39 Å². The van der Waals surface area contributed by atoms with Gasteiger partial charge in [0.25, 0.3) is 5.91 Å². The zero-order valence-electron chi connectivity index (χ0n) is 12.3. The lowest BCUT2D eigenvalue weighted by atomic mass is 9.86. The van der Waals surface area contributed by atoms with Crippen molar-refractivity contribution < 1.29 is 14.7 Å². The number of pyridine rings is 1. The molecule has 1 atom stereocenters. The van der Waals surface area contributed by atoms with Gasteiger partial charge in [0, 0.05) is 11.6 Å². The SMILES string of the molecule is CC(C)(C)[C@@H](NC(=O)c1nccc2ccccc12)C(=O)O. The number of carboxylic acids is 1. The van der Waals surface area contributed by atoms with Gasteiger partial charge in [-0.05, 0) is 16.9 Å². The summed E-state index contributed by atoms with van der Waals surface area (Å²) in [5, 5.41) is 13.4. The van der Waals surface area contributed by atoms with Gasteiger partial charge < -0.3 is 10.4 Å². The molecule has 0 saturated heterocycles. The first-order valence-electron chi connectivity index (χ1n) is 6.68. The van der Waals surface area contributed by atoms with Crippen LogP contribution in [0.2, 0.25) is 0 Å². The van der Waals surface area contributed by atoms with Gasteiger partial charge in [0.15, 0.2) is 0 Å². The highest BCUT2D eigenvalue weighted by molar-refractivity contribution is 6.06. The molecule has 1 amide bonds. The van der Waals surface area contributed by atoms with Crippen molar-refractivity contribution in [2.24, 2.45) is 5.41 Å². The molecule has 0 radical (unpaired) electrons. The topological polar surface area (TPSA) is 79.3 Å². The van der Waals surface area contributed by atoms with Crippen LogP contribution < -0.4 is 5.32 Å². The van der Waals surface area contributed by atoms with Gasteiger partial charge >= 0.3 is 5.97 Å². The number of carbonyl (C=O) groups is 2. The van der Waals surface area contributed by atoms with Gasteiger partial charge in [0.05, 0.1) is 0 Å². The number of fused-ring (bicyclic) bond motifs is 1. The molecule has 0 fully saturated rings. The summed E-state index contributed by atoms with van der Waals surface area (Å²) in [6.45, 7) is 5.30. The molecule has 110 valence electrons. The molecular weight excluding hydrogens is 268 g/mol. The van der Waals surface area contributed by atoms with E-state index in [2.05, 4.69) is 10.3 Å². The maximum Gasteiger partial charge on any atom is 0.326 e. The van der Waals surface area contributed by atoms with E-state index in [1.54, 1.807) is 33.0 Å². The molecule has 0 aliphatic carbocycles. The number of nitrogens with one attached hydrogen (secondary N) is 1. The van der Waals surface area contributed by atoms with E-state index < -0.39 is 23.3 Å². The Morgan fingerprint density at radius 3 is 2.48 bits per heavy atom. The number of hydrogen-bond acceptors (Lipinski definition) is 3. The third-order valence-corrected chi connectivity index (χ3v) is 3.28. The van der Waals surface area contributed by atoms with Crippen molar-refractivity contribution in [3.8, 4) is 0 Å². The molecule has 2 N–H and O–H groups in total. The fraction of sp³-hybridized carbons (Fsp3) is 0.312. The van der Waals surface area contributed by atoms with Gasteiger partial charge in [-0.1, -0.05) is 45.0 Å². The third kappa shape index (κ3) is 3.18. The van der Waals surface area contributed by atoms with Crippen molar-refractivity contribution in [2.45, 2.75) is 26.8 Å². The van der Waals surface area contributed by atoms with Crippen LogP contribution in [0.15, 0.2) is 36.5 Å². The summed E-state index contributed by atoms with van der Waals surface area (Å²) in [5.74, 6) is -1.54. The molecule has 0 aliphatic rings. The van der Waals surface area contributed by atoms with E-state index in [1.165, 1.54) is 0 Å². The minimum absolute atomic E-state index is 0.239. The number of aliphatic carboxylic acids is 1. The van der Waals surface area contributed by atoms with E-state index in [-0.39, 0.29) is 5.69 Å². The Hall–Kier alpha value is -2.43. The second-order valence-electron chi connectivity index (χ2n) is 5.99. The van der Waals surface area contributed by atoms with E-state index in [1.807, 2.05) is 24.3 Å². The number of aromatic nitrogens is 1. The van der Waals surface area contributed by atoms with Crippen molar-refractivity contribution in [3.63, 3.8) is 0 Å². The van der Waals surface area contributed by atoms with E-state index in [9.17, 15) is 14.7 Å². The Bertz CT molecular complexity index is 684. The molecule has 0 bridgehead atoms. The molecule has 21 heavy (non-hydrogen) atoms. The normalized spacial score (nSPS) is 12.9. The van der Waals surface area contributed by atoms with Crippen LogP contribution in [0.3, 0.4) is 0 Å². The highest BCUT2D eigenvalue weighted by Crippen LogP contribution is 2.21. The van der Waals surface area contributed by atoms with E-state index in [4.69, 9.17) is 0 Å². The smallest absolute Gasteiger partial charge is 0.326 e. The average Bonchev–Trinajstić information content (AvgIpc) is 2.42. The van der Waals surface area contributed by atoms with Crippen LogP contribution in [0.4, 0.5) is 0 Å². The molecular formula is C16H18N2O3. The van der Waals surface area contributed by atoms with Gasteiger partial charge in [0.1, 0.15) is 11.7 Å². The third-order valence-electron chi connectivity index (χ3n) is 3.28. The van der Waals surface area contributed by atoms with Crippen LogP contribution in [0.25, 0.3) is 10.8 Å². The zero-order chi connectivity index (χ0) is 15.6. The molecule has 1 heterocycles. The number of rotatable bonds is 3. The first kappa shape index (κ1) is 15.0. The highest BCUT2D eigenvalue weighted by Gasteiger charge is 2.33. The first-order valence-corrected chi connectivity index (χ1v) is 6.68. The second kappa shape index (κ2) is 5.52. The van der Waals surface area contributed by atoms with Crippen molar-refractivity contribution in [1.29, 1.82) is 0 Å². The first-order chi connectivity index (χ1) is 9.80. The van der Waals surface area contributed by atoms with Crippen LogP contribution >= 0.6 is 0 Å². The Morgan fingerprint density at radius 2 is 1.86 bits per heavy atom. The monoisotopic (exact) mass is 286 g/mol. The summed E-state index contributed by atoms with van der Waals surface area (Å²) in [6.07, 6.45) is 1.55. The maximum atomic E-state index is 12.4. The highest BCUT2D eigenvalue weighted by atomic mass is 16.4. The number of benzene rings is 1. The largest absolute Gasteiger partial charge is 0.480 e. The van der Waals surface area contributed by atoms with Gasteiger partial charge in [-0.25, -0.2) is 4.79 Å². The van der Waals surface area contributed by atoms with Gasteiger partial charge in [0.2, 0.25) is 0 Å². The summed E-state index contributed by atoms with van der Waals surface area (Å²) in [7, 11) is 0. The van der Waals surface area contributed by atoms with Crippen molar-refractivity contribution >= 4 is 22.6 Å². The van der Waals surface area contributed by atoms with E-state index >= 15 is 0 Å². The molecule has 2 rings (SSSR count). The molecule has 5 heteroatoms. The number of carbonyl (C=O) groups excluding carboxylic acids is 1. The zero-order valence-corrected chi connectivity index (χ0v) is 12.3. The minimum Gasteiger partial charge on any atom is -0.480 e. The summed E-state index contributed by atoms with van der Waals surface area (Å²) in [5.41, 5.74) is -0.352. The molecule has 1 aromatic heterocycles. The van der Waals surface area contributed by atoms with Crippen molar-refractivity contribution in [2.75, 3.05) is 0 Å². The molecule has 0 aliphatic heterocycles. The van der Waals surface area contributed by atoms with Gasteiger partial charge in [-0.3, -0.25) is 9.78 Å². The van der Waals surface area contributed by atoms with Gasteiger partial charge in [-0.2, -0.15) is 0 Å². The molecule has 2 aromatic rings. The lowest BCUT2D eigenvalue weighted by Crippen LogP contribution is -2.49. The van der Waals surface area contributed by atoms with Crippen LogP contribution in [0, 0.1) is 5.41 Å². The minimum atomic E-state index is -1.06.